The molecule has 0 aromatic carbocycles. The van der Waals surface area contributed by atoms with E-state index in [0.717, 1.165) is 0 Å². The van der Waals surface area contributed by atoms with Gasteiger partial charge in [-0.1, -0.05) is 34.6 Å². The van der Waals surface area contributed by atoms with Gasteiger partial charge in [-0.2, -0.15) is 15.5 Å². The summed E-state index contributed by atoms with van der Waals surface area (Å²) in [5.41, 5.74) is -0.495. The number of hydrogen-bond acceptors (Lipinski definition) is 18. The van der Waals surface area contributed by atoms with E-state index in [1.807, 2.05) is 46.0 Å². The SMILES string of the molecule is CC(C)C(=O)Nc1nc2c(ncn2[C@@H]2O[C@H](CO)C(O[Si](C)(C)C(C)(C)C)[C@H]2OP(=S)(OCCC#N)OC[C@H]2C[C@@H](Nc3ncncc3C#N)C[C@@H]2O[P+](=O)O)c(=O)[nH]1. The molecule has 9 atom stereocenters. The van der Waals surface area contributed by atoms with Crippen LogP contribution in [-0.2, 0) is 48.4 Å². The summed E-state index contributed by atoms with van der Waals surface area (Å²) in [5.74, 6) is -1.21. The fraction of sp³-hybridized carbons (Fsp3) is 0.647. The van der Waals surface area contributed by atoms with Gasteiger partial charge in [-0.25, -0.2) is 15.0 Å². The van der Waals surface area contributed by atoms with Crippen molar-refractivity contribution in [3.63, 3.8) is 0 Å². The van der Waals surface area contributed by atoms with E-state index in [4.69, 9.17) is 39.1 Å². The van der Waals surface area contributed by atoms with Crippen molar-refractivity contribution >= 4 is 63.9 Å². The Morgan fingerprint density at radius 2 is 1.98 bits per heavy atom. The highest BCUT2D eigenvalue weighted by atomic mass is 32.5. The molecule has 25 heteroatoms. The fourth-order valence-electron chi connectivity index (χ4n) is 6.26. The van der Waals surface area contributed by atoms with Gasteiger partial charge in [0, 0.05) is 22.4 Å². The van der Waals surface area contributed by atoms with Crippen LogP contribution in [0.5, 0.6) is 0 Å². The Labute approximate surface area is 347 Å². The predicted octanol–water partition coefficient (Wildman–Crippen LogP) is 4.14. The predicted molar refractivity (Wildman–Crippen MR) is 218 cm³/mol. The average Bonchev–Trinajstić information content (AvgIpc) is 3.85. The van der Waals surface area contributed by atoms with Crippen molar-refractivity contribution in [1.82, 2.24) is 29.5 Å². The topological polar surface area (TPSA) is 291 Å². The molecule has 5 N–H and O–H groups in total. The molecule has 59 heavy (non-hydrogen) atoms. The number of carbonyl (C=O) groups excluding carboxylic acids is 1. The van der Waals surface area contributed by atoms with Gasteiger partial charge in [0.2, 0.25) is 11.9 Å². The maximum absolute atomic E-state index is 13.2. The number of aromatic amines is 1. The van der Waals surface area contributed by atoms with Gasteiger partial charge in [0.05, 0.1) is 44.8 Å². The number of aliphatic hydroxyl groups is 1. The van der Waals surface area contributed by atoms with Crippen LogP contribution in [-0.4, -0.2) is 104 Å². The first-order valence-electron chi connectivity index (χ1n) is 18.8. The Morgan fingerprint density at radius 1 is 1.24 bits per heavy atom. The second kappa shape index (κ2) is 19.4. The zero-order chi connectivity index (χ0) is 43.3. The monoisotopic (exact) mass is 895 g/mol. The number of ether oxygens (including phenoxy) is 1. The molecule has 320 valence electrons. The summed E-state index contributed by atoms with van der Waals surface area (Å²) < 4.78 is 51.2. The van der Waals surface area contributed by atoms with Crippen LogP contribution >= 0.6 is 15.0 Å². The number of nitrogens with zero attached hydrogens (tertiary/aromatic N) is 7. The number of aromatic nitrogens is 6. The normalized spacial score (nSPS) is 24.7. The number of nitrogens with one attached hydrogen (secondary N) is 3. The number of hydrogen-bond donors (Lipinski definition) is 5. The van der Waals surface area contributed by atoms with E-state index in [-0.39, 0.29) is 65.6 Å². The molecule has 2 fully saturated rings. The van der Waals surface area contributed by atoms with Gasteiger partial charge in [0.25, 0.3) is 5.56 Å². The lowest BCUT2D eigenvalue weighted by Crippen LogP contribution is -2.50. The third-order valence-corrected chi connectivity index (χ3v) is 17.6. The summed E-state index contributed by atoms with van der Waals surface area (Å²) in [7, 11) is -5.69. The van der Waals surface area contributed by atoms with E-state index in [1.165, 1.54) is 23.4 Å². The standard InChI is InChI=1S/C34H48N10O11P2SSi/c1-19(2)30(46)42-33-41-29-25(31(47)43-33)39-18-44(29)32-27(26(24(15-45)52-32)55-59(6,7)34(3,4)5)54-57(58,50-10-8-9-35)51-16-20-11-22(12-23(20)53-56(48)49)40-28-21(13-36)14-37-17-38-28/h14,17-20,22-24,26-27,32,45H,8,10-12,15-16H2,1-7H3,(H3-,37,38,40,41,42,43,46,47,48,49)/p+1/t20-,22-,23+,24-,26?,27-,32-,57?/m1/s1. The molecule has 0 bridgehead atoms. The molecule has 21 nitrogen and oxygen atoms in total. The highest BCUT2D eigenvalue weighted by molar-refractivity contribution is 8.07. The van der Waals surface area contributed by atoms with Crippen LogP contribution in [0.3, 0.4) is 0 Å². The number of rotatable bonds is 18. The molecule has 3 aromatic rings. The summed E-state index contributed by atoms with van der Waals surface area (Å²) in [4.78, 5) is 54.8. The third kappa shape index (κ3) is 11.2. The molecule has 1 amide bonds. The molecule has 1 saturated carbocycles. The van der Waals surface area contributed by atoms with Crippen LogP contribution in [0.1, 0.15) is 65.7 Å². The van der Waals surface area contributed by atoms with Crippen molar-refractivity contribution in [2.45, 2.75) is 109 Å². The lowest BCUT2D eigenvalue weighted by Gasteiger charge is -2.41. The van der Waals surface area contributed by atoms with Gasteiger partial charge in [-0.15, -0.1) is 9.42 Å². The first kappa shape index (κ1) is 46.4. The van der Waals surface area contributed by atoms with E-state index >= 15 is 0 Å². The highest BCUT2D eigenvalue weighted by Gasteiger charge is 2.54. The van der Waals surface area contributed by atoms with Crippen molar-refractivity contribution in [1.29, 1.82) is 10.5 Å². The zero-order valence-electron chi connectivity index (χ0n) is 33.6. The van der Waals surface area contributed by atoms with Crippen LogP contribution in [0.2, 0.25) is 18.1 Å². The van der Waals surface area contributed by atoms with Gasteiger partial charge in [-0.3, -0.25) is 29.0 Å². The number of imidazole rings is 1. The second-order valence-corrected chi connectivity index (χ2v) is 24.3. The maximum atomic E-state index is 13.2. The zero-order valence-corrected chi connectivity index (χ0v) is 37.2. The van der Waals surface area contributed by atoms with Crippen molar-refractivity contribution in [3.05, 3.63) is 34.8 Å². The van der Waals surface area contributed by atoms with Gasteiger partial charge in [0.1, 0.15) is 48.2 Å². The molecule has 1 aliphatic carbocycles. The Balaban J connectivity index is 1.52. The fourth-order valence-corrected chi connectivity index (χ4v) is 10.2. The molecular formula is C34H49N10O11P2SSi+. The lowest BCUT2D eigenvalue weighted by molar-refractivity contribution is -0.118. The summed E-state index contributed by atoms with van der Waals surface area (Å²) in [6.07, 6.45) is -0.764. The molecule has 3 aromatic heterocycles. The van der Waals surface area contributed by atoms with E-state index in [2.05, 4.69) is 35.6 Å². The quantitative estimate of drug-likeness (QED) is 0.0681. The van der Waals surface area contributed by atoms with Gasteiger partial charge in [0.15, 0.2) is 25.7 Å². The van der Waals surface area contributed by atoms with E-state index in [1.54, 1.807) is 13.8 Å². The minimum absolute atomic E-state index is 0.0153. The second-order valence-electron chi connectivity index (χ2n) is 15.9. The van der Waals surface area contributed by atoms with Crippen molar-refractivity contribution in [3.8, 4) is 12.1 Å². The third-order valence-electron chi connectivity index (χ3n) is 10.4. The largest absolute Gasteiger partial charge is 0.695 e. The molecule has 0 spiro atoms. The number of carbonyl (C=O) groups is 1. The van der Waals surface area contributed by atoms with Crippen LogP contribution in [0.15, 0.2) is 23.6 Å². The Bertz CT molecular complexity index is 2190. The number of anilines is 2. The first-order chi connectivity index (χ1) is 27.8. The summed E-state index contributed by atoms with van der Waals surface area (Å²) in [6.45, 7) is 8.67. The molecule has 2 aliphatic rings. The van der Waals surface area contributed by atoms with E-state index in [0.29, 0.717) is 6.42 Å². The minimum atomic E-state index is -3.94. The molecule has 1 saturated heterocycles. The number of nitriles is 2. The van der Waals surface area contributed by atoms with Crippen LogP contribution in [0.25, 0.3) is 11.2 Å². The number of fused-ring (bicyclic) bond motifs is 1. The molecule has 3 unspecified atom stereocenters. The summed E-state index contributed by atoms with van der Waals surface area (Å²) in [6, 6.07) is 3.66. The lowest BCUT2D eigenvalue weighted by atomic mass is 10.1. The summed E-state index contributed by atoms with van der Waals surface area (Å²) in [5, 5.41) is 35.1. The van der Waals surface area contributed by atoms with Crippen molar-refractivity contribution in [2.75, 3.05) is 30.5 Å². The van der Waals surface area contributed by atoms with Crippen molar-refractivity contribution in [2.24, 2.45) is 11.8 Å². The Hall–Kier alpha value is -3.67. The number of aliphatic hydroxyl groups excluding tert-OH is 1. The molecular weight excluding hydrogens is 847 g/mol. The van der Waals surface area contributed by atoms with E-state index < -0.39 is 83.8 Å². The Kier molecular flexibility index (Phi) is 15.2. The maximum Gasteiger partial charge on any atom is 0.695 e. The Morgan fingerprint density at radius 3 is 2.63 bits per heavy atom. The average molecular weight is 896 g/mol. The molecule has 0 radical (unpaired) electrons. The van der Waals surface area contributed by atoms with Crippen LogP contribution in [0.4, 0.5) is 11.8 Å². The van der Waals surface area contributed by atoms with E-state index in [9.17, 15) is 34.7 Å². The van der Waals surface area contributed by atoms with Crippen molar-refractivity contribution < 1.29 is 46.6 Å². The van der Waals surface area contributed by atoms with Gasteiger partial charge in [-0.05, 0) is 42.8 Å². The van der Waals surface area contributed by atoms with Gasteiger partial charge >= 0.3 is 15.0 Å². The number of H-pyrrole nitrogens is 1. The van der Waals surface area contributed by atoms with Gasteiger partial charge < -0.3 is 28.6 Å². The summed E-state index contributed by atoms with van der Waals surface area (Å²) >= 11 is 6.03. The van der Waals surface area contributed by atoms with Crippen LogP contribution < -0.4 is 16.2 Å². The molecule has 5 rings (SSSR count). The highest BCUT2D eigenvalue weighted by Crippen LogP contribution is 2.56. The minimum Gasteiger partial charge on any atom is -0.408 e. The first-order valence-corrected chi connectivity index (χ1v) is 25.3. The molecule has 1 aliphatic heterocycles. The van der Waals surface area contributed by atoms with Crippen LogP contribution in [0, 0.1) is 34.5 Å². The number of amides is 1. The molecule has 4 heterocycles. The smallest absolute Gasteiger partial charge is 0.408 e.